The standard InChI is InChI=1S/C14H13Cl.C5H11NO/c1-11-13(10-15)8-5-9-14(11)12-6-3-2-4-7-12;1-3-5(4-2)6-7/h2-9H,10H2,1H3;7H,3-4H2,1-2H3. The van der Waals surface area contributed by atoms with E-state index in [2.05, 4.69) is 54.5 Å². The molecule has 22 heavy (non-hydrogen) atoms. The number of oxime groups is 1. The minimum Gasteiger partial charge on any atom is -0.411 e. The van der Waals surface area contributed by atoms with Gasteiger partial charge in [-0.1, -0.05) is 67.5 Å². The lowest BCUT2D eigenvalue weighted by Gasteiger charge is -2.09. The molecule has 0 aliphatic heterocycles. The van der Waals surface area contributed by atoms with Crippen LogP contribution in [0.1, 0.15) is 37.8 Å². The van der Waals surface area contributed by atoms with Gasteiger partial charge in [0.05, 0.1) is 5.71 Å². The Morgan fingerprint density at radius 3 is 2.09 bits per heavy atom. The van der Waals surface area contributed by atoms with Crippen LogP contribution >= 0.6 is 11.6 Å². The Morgan fingerprint density at radius 1 is 1.00 bits per heavy atom. The topological polar surface area (TPSA) is 32.6 Å². The van der Waals surface area contributed by atoms with Gasteiger partial charge in [0.25, 0.3) is 0 Å². The Morgan fingerprint density at radius 2 is 1.64 bits per heavy atom. The molecule has 0 unspecified atom stereocenters. The van der Waals surface area contributed by atoms with Crippen LogP contribution in [0.2, 0.25) is 0 Å². The predicted octanol–water partition coefficient (Wildman–Crippen LogP) is 6.04. The molecular formula is C19H24ClNO. The van der Waals surface area contributed by atoms with Crippen LogP contribution in [0.5, 0.6) is 0 Å². The number of nitrogens with zero attached hydrogens (tertiary/aromatic N) is 1. The van der Waals surface area contributed by atoms with Gasteiger partial charge in [-0.3, -0.25) is 0 Å². The summed E-state index contributed by atoms with van der Waals surface area (Å²) in [5, 5.41) is 11.2. The minimum absolute atomic E-state index is 0.576. The summed E-state index contributed by atoms with van der Waals surface area (Å²) in [7, 11) is 0. The fourth-order valence-electron chi connectivity index (χ4n) is 2.15. The van der Waals surface area contributed by atoms with Crippen LogP contribution in [0.15, 0.2) is 53.7 Å². The molecule has 0 saturated heterocycles. The molecule has 0 radical (unpaired) electrons. The van der Waals surface area contributed by atoms with Gasteiger partial charge in [-0.2, -0.15) is 0 Å². The lowest BCUT2D eigenvalue weighted by atomic mass is 9.97. The van der Waals surface area contributed by atoms with Gasteiger partial charge in [-0.25, -0.2) is 0 Å². The second kappa shape index (κ2) is 10.0. The number of alkyl halides is 1. The van der Waals surface area contributed by atoms with Crippen LogP contribution in [-0.2, 0) is 5.88 Å². The van der Waals surface area contributed by atoms with Crippen molar-refractivity contribution in [1.29, 1.82) is 0 Å². The zero-order valence-corrected chi connectivity index (χ0v) is 14.3. The van der Waals surface area contributed by atoms with E-state index in [1.54, 1.807) is 0 Å². The molecule has 0 heterocycles. The lowest BCUT2D eigenvalue weighted by molar-refractivity contribution is 0.316. The first-order valence-corrected chi connectivity index (χ1v) is 8.10. The quantitative estimate of drug-likeness (QED) is 0.317. The number of halogens is 1. The molecule has 2 aromatic rings. The largest absolute Gasteiger partial charge is 0.411 e. The van der Waals surface area contributed by atoms with Crippen molar-refractivity contribution in [1.82, 2.24) is 0 Å². The van der Waals surface area contributed by atoms with E-state index in [0.29, 0.717) is 5.88 Å². The third-order valence-corrected chi connectivity index (χ3v) is 3.92. The SMILES string of the molecule is CCC(CC)=NO.Cc1c(CCl)cccc1-c1ccccc1. The second-order valence-electron chi connectivity index (χ2n) is 4.96. The summed E-state index contributed by atoms with van der Waals surface area (Å²) in [6.45, 7) is 6.07. The van der Waals surface area contributed by atoms with E-state index in [1.807, 2.05) is 19.9 Å². The number of hydrogen-bond donors (Lipinski definition) is 1. The molecule has 1 N–H and O–H groups in total. The molecule has 2 aromatic carbocycles. The number of hydrogen-bond acceptors (Lipinski definition) is 2. The third-order valence-electron chi connectivity index (χ3n) is 3.63. The molecule has 0 bridgehead atoms. The highest BCUT2D eigenvalue weighted by Crippen LogP contribution is 2.26. The van der Waals surface area contributed by atoms with Crippen molar-refractivity contribution < 1.29 is 5.21 Å². The maximum Gasteiger partial charge on any atom is 0.0565 e. The smallest absolute Gasteiger partial charge is 0.0565 e. The summed E-state index contributed by atoms with van der Waals surface area (Å²) in [6, 6.07) is 16.7. The van der Waals surface area contributed by atoms with Gasteiger partial charge in [-0.15, -0.1) is 11.6 Å². The molecule has 3 heteroatoms. The summed E-state index contributed by atoms with van der Waals surface area (Å²) in [4.78, 5) is 0. The van der Waals surface area contributed by atoms with Crippen molar-refractivity contribution in [2.75, 3.05) is 0 Å². The van der Waals surface area contributed by atoms with E-state index in [0.717, 1.165) is 18.6 Å². The Hall–Kier alpha value is -1.80. The molecule has 0 aliphatic carbocycles. The Balaban J connectivity index is 0.000000295. The highest BCUT2D eigenvalue weighted by molar-refractivity contribution is 6.17. The van der Waals surface area contributed by atoms with E-state index in [9.17, 15) is 0 Å². The van der Waals surface area contributed by atoms with Gasteiger partial charge in [0.2, 0.25) is 0 Å². The van der Waals surface area contributed by atoms with Crippen molar-refractivity contribution in [2.24, 2.45) is 5.16 Å². The number of benzene rings is 2. The first-order chi connectivity index (χ1) is 10.7. The lowest BCUT2D eigenvalue weighted by Crippen LogP contribution is -1.90. The van der Waals surface area contributed by atoms with E-state index >= 15 is 0 Å². The van der Waals surface area contributed by atoms with Gasteiger partial charge < -0.3 is 5.21 Å². The van der Waals surface area contributed by atoms with Crippen molar-refractivity contribution >= 4 is 17.3 Å². The van der Waals surface area contributed by atoms with Crippen LogP contribution in [0.25, 0.3) is 11.1 Å². The monoisotopic (exact) mass is 317 g/mol. The maximum absolute atomic E-state index is 8.11. The van der Waals surface area contributed by atoms with Crippen LogP contribution in [0.4, 0.5) is 0 Å². The molecule has 0 aromatic heterocycles. The van der Waals surface area contributed by atoms with E-state index < -0.39 is 0 Å². The summed E-state index contributed by atoms with van der Waals surface area (Å²) < 4.78 is 0. The van der Waals surface area contributed by atoms with Crippen molar-refractivity contribution in [3.05, 3.63) is 59.7 Å². The first kappa shape index (κ1) is 18.2. The average Bonchev–Trinajstić information content (AvgIpc) is 2.58. The molecule has 2 nitrogen and oxygen atoms in total. The van der Waals surface area contributed by atoms with Gasteiger partial charge in [-0.05, 0) is 42.0 Å². The molecule has 0 amide bonds. The first-order valence-electron chi connectivity index (χ1n) is 7.57. The van der Waals surface area contributed by atoms with Crippen molar-refractivity contribution in [3.8, 4) is 11.1 Å². The van der Waals surface area contributed by atoms with Crippen LogP contribution in [0, 0.1) is 6.92 Å². The average molecular weight is 318 g/mol. The number of rotatable bonds is 4. The van der Waals surface area contributed by atoms with E-state index in [-0.39, 0.29) is 0 Å². The normalized spacial score (nSPS) is 9.64. The molecule has 118 valence electrons. The van der Waals surface area contributed by atoms with Gasteiger partial charge in [0.1, 0.15) is 0 Å². The zero-order chi connectivity index (χ0) is 16.4. The summed E-state index contributed by atoms with van der Waals surface area (Å²) >= 11 is 5.89. The highest BCUT2D eigenvalue weighted by Gasteiger charge is 2.04. The maximum atomic E-state index is 8.11. The minimum atomic E-state index is 0.576. The fourth-order valence-corrected chi connectivity index (χ4v) is 2.44. The second-order valence-corrected chi connectivity index (χ2v) is 5.23. The Bertz CT molecular complexity index is 588. The molecule has 0 fully saturated rings. The van der Waals surface area contributed by atoms with Gasteiger partial charge in [0, 0.05) is 5.88 Å². The van der Waals surface area contributed by atoms with Gasteiger partial charge in [0.15, 0.2) is 0 Å². The Labute approximate surface area is 138 Å². The van der Waals surface area contributed by atoms with Crippen molar-refractivity contribution in [3.63, 3.8) is 0 Å². The Kier molecular flexibility index (Phi) is 8.31. The van der Waals surface area contributed by atoms with E-state index in [1.165, 1.54) is 22.3 Å². The summed E-state index contributed by atoms with van der Waals surface area (Å²) in [5.41, 5.74) is 5.87. The van der Waals surface area contributed by atoms with Crippen LogP contribution < -0.4 is 0 Å². The van der Waals surface area contributed by atoms with Crippen LogP contribution in [-0.4, -0.2) is 10.9 Å². The van der Waals surface area contributed by atoms with E-state index in [4.69, 9.17) is 16.8 Å². The molecule has 0 atom stereocenters. The molecule has 0 saturated carbocycles. The molecular weight excluding hydrogens is 294 g/mol. The predicted molar refractivity (Wildman–Crippen MR) is 96.0 cm³/mol. The van der Waals surface area contributed by atoms with Gasteiger partial charge >= 0.3 is 0 Å². The molecule has 2 rings (SSSR count). The highest BCUT2D eigenvalue weighted by atomic mass is 35.5. The molecule has 0 spiro atoms. The third kappa shape index (κ3) is 5.19. The summed E-state index contributed by atoms with van der Waals surface area (Å²) in [6.07, 6.45) is 1.71. The summed E-state index contributed by atoms with van der Waals surface area (Å²) in [5.74, 6) is 0.576. The molecule has 0 aliphatic rings. The zero-order valence-electron chi connectivity index (χ0n) is 13.5. The van der Waals surface area contributed by atoms with Crippen LogP contribution in [0.3, 0.4) is 0 Å². The van der Waals surface area contributed by atoms with Crippen molar-refractivity contribution in [2.45, 2.75) is 39.5 Å². The fraction of sp³-hybridized carbons (Fsp3) is 0.316.